The van der Waals surface area contributed by atoms with Gasteiger partial charge in [-0.05, 0) is 31.3 Å². The molecule has 1 aromatic heterocycles. The molecule has 0 aliphatic rings. The van der Waals surface area contributed by atoms with E-state index in [4.69, 9.17) is 27.7 Å². The zero-order valence-corrected chi connectivity index (χ0v) is 15.1. The van der Waals surface area contributed by atoms with Crippen molar-refractivity contribution in [3.05, 3.63) is 36.4 Å². The van der Waals surface area contributed by atoms with Gasteiger partial charge in [0.25, 0.3) is 0 Å². The number of aromatic nitrogens is 1. The molecule has 0 saturated carbocycles. The van der Waals surface area contributed by atoms with Gasteiger partial charge in [0.2, 0.25) is 5.91 Å². The van der Waals surface area contributed by atoms with Gasteiger partial charge >= 0.3 is 5.97 Å². The lowest BCUT2D eigenvalue weighted by molar-refractivity contribution is -0.134. The zero-order valence-electron chi connectivity index (χ0n) is 15.1. The first kappa shape index (κ1) is 21.7. The SMILES string of the molecule is CNCC(=O)Nc1ccc(N)c(N)n1.NCCC(=O)Oc1ccccc1N. The average molecular weight is 375 g/mol. The standard InChI is InChI=1S/C9H12N2O2.C8H13N5O/c10-6-5-9(12)13-8-4-2-1-3-7(8)11;1-11-4-7(14)12-6-3-2-5(9)8(10)13-6/h1-4H,5-6,10-11H2;2-3,11H,4,9H2,1H3,(H3,10,12,13,14). The predicted octanol–water partition coefficient (Wildman–Crippen LogP) is -0.0731. The largest absolute Gasteiger partial charge is 0.424 e. The second-order valence-corrected chi connectivity index (χ2v) is 5.30. The molecule has 2 rings (SSSR count). The molecule has 146 valence electrons. The third-order valence-electron chi connectivity index (χ3n) is 3.05. The van der Waals surface area contributed by atoms with Crippen LogP contribution in [0.3, 0.4) is 0 Å². The monoisotopic (exact) mass is 375 g/mol. The van der Waals surface area contributed by atoms with Gasteiger partial charge in [0.05, 0.1) is 24.3 Å². The molecule has 0 atom stereocenters. The molecule has 27 heavy (non-hydrogen) atoms. The molecule has 0 aliphatic carbocycles. The number of anilines is 4. The third kappa shape index (κ3) is 8.03. The Morgan fingerprint density at radius 3 is 2.37 bits per heavy atom. The number of pyridine rings is 1. The normalized spacial score (nSPS) is 9.70. The van der Waals surface area contributed by atoms with Gasteiger partial charge in [-0.1, -0.05) is 12.1 Å². The Bertz CT molecular complexity index is 768. The van der Waals surface area contributed by atoms with E-state index < -0.39 is 0 Å². The van der Waals surface area contributed by atoms with Crippen LogP contribution in [-0.4, -0.2) is 37.0 Å². The number of para-hydroxylation sites is 2. The van der Waals surface area contributed by atoms with Gasteiger partial charge < -0.3 is 38.3 Å². The Morgan fingerprint density at radius 1 is 1.07 bits per heavy atom. The number of benzene rings is 1. The van der Waals surface area contributed by atoms with Crippen LogP contribution in [0.25, 0.3) is 0 Å². The molecule has 0 saturated heterocycles. The fourth-order valence-electron chi connectivity index (χ4n) is 1.77. The maximum atomic E-state index is 11.1. The quantitative estimate of drug-likeness (QED) is 0.228. The summed E-state index contributed by atoms with van der Waals surface area (Å²) in [5.41, 5.74) is 22.5. The van der Waals surface area contributed by atoms with Gasteiger partial charge in [-0.15, -0.1) is 0 Å². The molecule has 0 bridgehead atoms. The highest BCUT2D eigenvalue weighted by atomic mass is 16.5. The van der Waals surface area contributed by atoms with Crippen LogP contribution in [-0.2, 0) is 9.59 Å². The minimum Gasteiger partial charge on any atom is -0.424 e. The first-order valence-electron chi connectivity index (χ1n) is 8.09. The summed E-state index contributed by atoms with van der Waals surface area (Å²) in [4.78, 5) is 26.0. The lowest BCUT2D eigenvalue weighted by atomic mass is 10.3. The average Bonchev–Trinajstić information content (AvgIpc) is 2.61. The topological polar surface area (TPSA) is 184 Å². The van der Waals surface area contributed by atoms with Crippen molar-refractivity contribution < 1.29 is 14.3 Å². The van der Waals surface area contributed by atoms with E-state index >= 15 is 0 Å². The molecule has 0 aliphatic heterocycles. The van der Waals surface area contributed by atoms with Crippen LogP contribution in [0, 0.1) is 0 Å². The summed E-state index contributed by atoms with van der Waals surface area (Å²) in [6.07, 6.45) is 0.203. The summed E-state index contributed by atoms with van der Waals surface area (Å²) in [6, 6.07) is 10.0. The summed E-state index contributed by atoms with van der Waals surface area (Å²) < 4.78 is 4.94. The molecule has 2 aromatic rings. The number of hydrogen-bond acceptors (Lipinski definition) is 9. The minimum atomic E-state index is -0.361. The number of rotatable bonds is 6. The molecular formula is C17H25N7O3. The van der Waals surface area contributed by atoms with Crippen molar-refractivity contribution in [2.75, 3.05) is 42.7 Å². The van der Waals surface area contributed by atoms with Gasteiger partial charge in [0.1, 0.15) is 11.6 Å². The first-order chi connectivity index (χ1) is 12.9. The van der Waals surface area contributed by atoms with Gasteiger partial charge in [-0.25, -0.2) is 4.98 Å². The van der Waals surface area contributed by atoms with E-state index in [9.17, 15) is 9.59 Å². The van der Waals surface area contributed by atoms with E-state index in [-0.39, 0.29) is 37.2 Å². The van der Waals surface area contributed by atoms with E-state index in [1.54, 1.807) is 43.4 Å². The first-order valence-corrected chi connectivity index (χ1v) is 8.09. The van der Waals surface area contributed by atoms with Crippen molar-refractivity contribution >= 4 is 34.9 Å². The molecular weight excluding hydrogens is 350 g/mol. The maximum Gasteiger partial charge on any atom is 0.312 e. The van der Waals surface area contributed by atoms with Gasteiger partial charge in [0.15, 0.2) is 5.75 Å². The molecule has 10 N–H and O–H groups in total. The number of nitrogens with zero attached hydrogens (tertiary/aromatic N) is 1. The minimum absolute atomic E-state index is 0.177. The lowest BCUT2D eigenvalue weighted by Crippen LogP contribution is -2.25. The molecule has 10 heteroatoms. The van der Waals surface area contributed by atoms with Crippen LogP contribution < -0.4 is 38.3 Å². The number of hydrogen-bond donors (Lipinski definition) is 6. The second kappa shape index (κ2) is 11.3. The maximum absolute atomic E-state index is 11.1. The summed E-state index contributed by atoms with van der Waals surface area (Å²) in [5, 5.41) is 5.28. The van der Waals surface area contributed by atoms with Crippen molar-refractivity contribution in [2.45, 2.75) is 6.42 Å². The lowest BCUT2D eigenvalue weighted by Gasteiger charge is -2.05. The van der Waals surface area contributed by atoms with Crippen LogP contribution >= 0.6 is 0 Å². The summed E-state index contributed by atoms with van der Waals surface area (Å²) in [6.45, 7) is 0.511. The Labute approximate surface area is 157 Å². The summed E-state index contributed by atoms with van der Waals surface area (Å²) in [5.74, 6) is 0.467. The smallest absolute Gasteiger partial charge is 0.312 e. The van der Waals surface area contributed by atoms with Crippen LogP contribution in [0.4, 0.5) is 23.0 Å². The summed E-state index contributed by atoms with van der Waals surface area (Å²) in [7, 11) is 1.68. The van der Waals surface area contributed by atoms with Crippen molar-refractivity contribution in [3.63, 3.8) is 0 Å². The predicted molar refractivity (Wildman–Crippen MR) is 106 cm³/mol. The van der Waals surface area contributed by atoms with Crippen LogP contribution in [0.5, 0.6) is 5.75 Å². The van der Waals surface area contributed by atoms with Crippen LogP contribution in [0.1, 0.15) is 6.42 Å². The number of carbonyl (C=O) groups is 2. The molecule has 1 aromatic carbocycles. The molecule has 1 heterocycles. The third-order valence-corrected chi connectivity index (χ3v) is 3.05. The fourth-order valence-corrected chi connectivity index (χ4v) is 1.77. The number of amides is 1. The molecule has 0 radical (unpaired) electrons. The van der Waals surface area contributed by atoms with E-state index in [1.165, 1.54) is 0 Å². The van der Waals surface area contributed by atoms with Crippen LogP contribution in [0.15, 0.2) is 36.4 Å². The van der Waals surface area contributed by atoms with E-state index in [1.807, 2.05) is 0 Å². The number of ether oxygens (including phenoxy) is 1. The summed E-state index contributed by atoms with van der Waals surface area (Å²) >= 11 is 0. The number of nitrogens with two attached hydrogens (primary N) is 4. The van der Waals surface area contributed by atoms with Crippen molar-refractivity contribution in [1.82, 2.24) is 10.3 Å². The number of carbonyl (C=O) groups excluding carboxylic acids is 2. The van der Waals surface area contributed by atoms with E-state index in [0.717, 1.165) is 0 Å². The van der Waals surface area contributed by atoms with Crippen molar-refractivity contribution in [3.8, 4) is 5.75 Å². The number of nitrogen functional groups attached to an aromatic ring is 3. The fraction of sp³-hybridized carbons (Fsp3) is 0.235. The Morgan fingerprint density at radius 2 is 1.78 bits per heavy atom. The zero-order chi connectivity index (χ0) is 20.2. The highest BCUT2D eigenvalue weighted by molar-refractivity contribution is 5.91. The Kier molecular flexibility index (Phi) is 9.06. The second-order valence-electron chi connectivity index (χ2n) is 5.30. The highest BCUT2D eigenvalue weighted by Gasteiger charge is 2.05. The number of esters is 1. The molecule has 0 fully saturated rings. The number of nitrogens with one attached hydrogen (secondary N) is 2. The van der Waals surface area contributed by atoms with Crippen molar-refractivity contribution in [1.29, 1.82) is 0 Å². The van der Waals surface area contributed by atoms with Gasteiger partial charge in [-0.3, -0.25) is 9.59 Å². The molecule has 10 nitrogen and oxygen atoms in total. The van der Waals surface area contributed by atoms with Crippen molar-refractivity contribution in [2.24, 2.45) is 5.73 Å². The Balaban J connectivity index is 0.000000271. The van der Waals surface area contributed by atoms with E-state index in [2.05, 4.69) is 15.6 Å². The van der Waals surface area contributed by atoms with Gasteiger partial charge in [0, 0.05) is 6.54 Å². The molecule has 0 unspecified atom stereocenters. The van der Waals surface area contributed by atoms with Crippen LogP contribution in [0.2, 0.25) is 0 Å². The van der Waals surface area contributed by atoms with Gasteiger partial charge in [-0.2, -0.15) is 0 Å². The van der Waals surface area contributed by atoms with E-state index in [0.29, 0.717) is 22.9 Å². The molecule has 0 spiro atoms. The highest BCUT2D eigenvalue weighted by Crippen LogP contribution is 2.19. The number of likely N-dealkylation sites (N-methyl/N-ethyl adjacent to an activating group) is 1. The Hall–Kier alpha value is -3.37. The molecule has 1 amide bonds.